The molecular formula is C23H22INO6S. The van der Waals surface area contributed by atoms with Crippen molar-refractivity contribution >= 4 is 57.5 Å². The van der Waals surface area contributed by atoms with Gasteiger partial charge >= 0.3 is 5.97 Å². The number of imide groups is 1. The maximum atomic E-state index is 12.5. The van der Waals surface area contributed by atoms with E-state index in [0.29, 0.717) is 36.0 Å². The Labute approximate surface area is 203 Å². The number of nitrogens with zero attached hydrogens (tertiary/aromatic N) is 1. The molecule has 3 rings (SSSR count). The van der Waals surface area contributed by atoms with Crippen molar-refractivity contribution in [3.63, 3.8) is 0 Å². The van der Waals surface area contributed by atoms with Crippen LogP contribution in [0.15, 0.2) is 41.3 Å². The van der Waals surface area contributed by atoms with Gasteiger partial charge < -0.3 is 14.6 Å². The van der Waals surface area contributed by atoms with Crippen LogP contribution in [0.3, 0.4) is 0 Å². The topological polar surface area (TPSA) is 93.1 Å². The van der Waals surface area contributed by atoms with Gasteiger partial charge in [0.05, 0.1) is 20.6 Å². The third-order valence-electron chi connectivity index (χ3n) is 4.51. The molecule has 2 aromatic rings. The van der Waals surface area contributed by atoms with Crippen LogP contribution in [-0.2, 0) is 11.4 Å². The van der Waals surface area contributed by atoms with Crippen LogP contribution in [0, 0.1) is 3.57 Å². The molecule has 0 aromatic heterocycles. The lowest BCUT2D eigenvalue weighted by Crippen LogP contribution is -2.28. The summed E-state index contributed by atoms with van der Waals surface area (Å²) in [7, 11) is 0. The van der Waals surface area contributed by atoms with Gasteiger partial charge in [0.2, 0.25) is 0 Å². The van der Waals surface area contributed by atoms with Gasteiger partial charge in [0, 0.05) is 6.54 Å². The van der Waals surface area contributed by atoms with E-state index in [1.54, 1.807) is 30.3 Å². The van der Waals surface area contributed by atoms with E-state index in [1.165, 1.54) is 11.0 Å². The molecule has 32 heavy (non-hydrogen) atoms. The molecule has 1 N–H and O–H groups in total. The number of carboxylic acid groups (broad SMARTS) is 1. The molecule has 0 aliphatic carbocycles. The molecule has 0 unspecified atom stereocenters. The molecule has 1 aliphatic heterocycles. The molecule has 1 heterocycles. The van der Waals surface area contributed by atoms with Crippen LogP contribution in [0.4, 0.5) is 4.79 Å². The molecule has 0 saturated carbocycles. The zero-order chi connectivity index (χ0) is 23.3. The Morgan fingerprint density at radius 2 is 1.97 bits per heavy atom. The van der Waals surface area contributed by atoms with E-state index in [-0.39, 0.29) is 23.3 Å². The molecule has 2 amide bonds. The highest BCUT2D eigenvalue weighted by Crippen LogP contribution is 2.38. The first-order valence-electron chi connectivity index (χ1n) is 10.0. The van der Waals surface area contributed by atoms with Gasteiger partial charge in [0.1, 0.15) is 6.61 Å². The molecule has 1 saturated heterocycles. The van der Waals surface area contributed by atoms with Crippen molar-refractivity contribution in [1.82, 2.24) is 4.90 Å². The lowest BCUT2D eigenvalue weighted by Gasteiger charge is -2.15. The van der Waals surface area contributed by atoms with Gasteiger partial charge in [-0.2, -0.15) is 0 Å². The number of carbonyl (C=O) groups is 3. The Morgan fingerprint density at radius 3 is 2.66 bits per heavy atom. The number of benzene rings is 2. The summed E-state index contributed by atoms with van der Waals surface area (Å²) < 4.78 is 12.5. The molecule has 0 spiro atoms. The zero-order valence-corrected chi connectivity index (χ0v) is 20.6. The van der Waals surface area contributed by atoms with Crippen molar-refractivity contribution in [1.29, 1.82) is 0 Å². The third-order valence-corrected chi connectivity index (χ3v) is 6.22. The van der Waals surface area contributed by atoms with Crippen molar-refractivity contribution in [2.24, 2.45) is 0 Å². The van der Waals surface area contributed by atoms with Crippen LogP contribution >= 0.6 is 34.4 Å². The second-order valence-electron chi connectivity index (χ2n) is 6.89. The van der Waals surface area contributed by atoms with Gasteiger partial charge in [-0.05, 0) is 89.2 Å². The number of rotatable bonds is 9. The summed E-state index contributed by atoms with van der Waals surface area (Å²) in [5, 5.41) is 8.91. The lowest BCUT2D eigenvalue weighted by molar-refractivity contribution is -0.122. The first-order chi connectivity index (χ1) is 15.3. The lowest BCUT2D eigenvalue weighted by atomic mass is 10.1. The summed E-state index contributed by atoms with van der Waals surface area (Å²) in [5.41, 5.74) is 1.63. The van der Waals surface area contributed by atoms with Crippen molar-refractivity contribution in [2.75, 3.05) is 13.2 Å². The van der Waals surface area contributed by atoms with Gasteiger partial charge in [0.25, 0.3) is 11.1 Å². The number of hydrogen-bond donors (Lipinski definition) is 1. The number of halogens is 1. The predicted molar refractivity (Wildman–Crippen MR) is 131 cm³/mol. The fourth-order valence-corrected chi connectivity index (χ4v) is 4.74. The highest BCUT2D eigenvalue weighted by molar-refractivity contribution is 14.1. The van der Waals surface area contributed by atoms with Crippen LogP contribution in [0.2, 0.25) is 0 Å². The monoisotopic (exact) mass is 567 g/mol. The Bertz CT molecular complexity index is 1080. The fourth-order valence-electron chi connectivity index (χ4n) is 3.09. The van der Waals surface area contributed by atoms with Crippen molar-refractivity contribution in [3.8, 4) is 11.5 Å². The van der Waals surface area contributed by atoms with Gasteiger partial charge in [-0.15, -0.1) is 0 Å². The maximum absolute atomic E-state index is 12.5. The molecule has 0 bridgehead atoms. The Morgan fingerprint density at radius 1 is 1.19 bits per heavy atom. The molecule has 0 atom stereocenters. The van der Waals surface area contributed by atoms with Crippen LogP contribution in [0.25, 0.3) is 6.08 Å². The van der Waals surface area contributed by atoms with E-state index in [1.807, 2.05) is 19.9 Å². The zero-order valence-electron chi connectivity index (χ0n) is 17.6. The van der Waals surface area contributed by atoms with Gasteiger partial charge in [-0.25, -0.2) is 4.79 Å². The largest absolute Gasteiger partial charge is 0.490 e. The number of thioether (sulfide) groups is 1. The average molecular weight is 567 g/mol. The normalized spacial score (nSPS) is 14.8. The number of carbonyl (C=O) groups excluding carboxylic acids is 2. The van der Waals surface area contributed by atoms with E-state index in [2.05, 4.69) is 22.6 Å². The van der Waals surface area contributed by atoms with E-state index in [0.717, 1.165) is 26.5 Å². The van der Waals surface area contributed by atoms with Crippen molar-refractivity contribution in [3.05, 3.63) is 61.6 Å². The van der Waals surface area contributed by atoms with Crippen LogP contribution < -0.4 is 9.47 Å². The Balaban J connectivity index is 1.85. The molecule has 2 aromatic carbocycles. The average Bonchev–Trinajstić information content (AvgIpc) is 3.01. The fraction of sp³-hybridized carbons (Fsp3) is 0.261. The van der Waals surface area contributed by atoms with Crippen molar-refractivity contribution < 1.29 is 29.0 Å². The molecule has 1 fully saturated rings. The first-order valence-corrected chi connectivity index (χ1v) is 11.9. The smallest absolute Gasteiger partial charge is 0.335 e. The molecule has 7 nitrogen and oxygen atoms in total. The molecular weight excluding hydrogens is 545 g/mol. The number of amides is 2. The van der Waals surface area contributed by atoms with Gasteiger partial charge in [-0.3, -0.25) is 14.5 Å². The number of aromatic carboxylic acids is 1. The number of ether oxygens (including phenoxy) is 2. The standard InChI is InChI=1S/C23H22INO6S/c1-3-8-25-21(26)19(32-23(25)29)12-15-10-17(24)20(18(11-15)30-4-2)31-13-14-6-5-7-16(9-14)22(27)28/h5-7,9-12H,3-4,8,13H2,1-2H3,(H,27,28)/b19-12+. The van der Waals surface area contributed by atoms with Crippen LogP contribution in [0.1, 0.15) is 41.8 Å². The summed E-state index contributed by atoms with van der Waals surface area (Å²) in [4.78, 5) is 37.4. The van der Waals surface area contributed by atoms with Gasteiger partial charge in [-0.1, -0.05) is 19.1 Å². The minimum atomic E-state index is -0.996. The molecule has 1 aliphatic rings. The molecule has 0 radical (unpaired) electrons. The Hall–Kier alpha value is -2.53. The molecule has 168 valence electrons. The summed E-state index contributed by atoms with van der Waals surface area (Å²) in [6.07, 6.45) is 2.39. The Kier molecular flexibility index (Phi) is 8.19. The second kappa shape index (κ2) is 10.9. The third kappa shape index (κ3) is 5.63. The number of hydrogen-bond acceptors (Lipinski definition) is 6. The minimum absolute atomic E-state index is 0.173. The van der Waals surface area contributed by atoms with E-state index in [4.69, 9.17) is 14.6 Å². The summed E-state index contributed by atoms with van der Waals surface area (Å²) >= 11 is 3.06. The van der Waals surface area contributed by atoms with Gasteiger partial charge in [0.15, 0.2) is 11.5 Å². The molecule has 9 heteroatoms. The predicted octanol–water partition coefficient (Wildman–Crippen LogP) is 5.41. The van der Waals surface area contributed by atoms with E-state index in [9.17, 15) is 14.4 Å². The van der Waals surface area contributed by atoms with Crippen LogP contribution in [0.5, 0.6) is 11.5 Å². The SMILES string of the molecule is CCCN1C(=O)S/C(=C/c2cc(I)c(OCc3cccc(C(=O)O)c3)c(OCC)c2)C1=O. The highest BCUT2D eigenvalue weighted by atomic mass is 127. The summed E-state index contributed by atoms with van der Waals surface area (Å²) in [6.45, 7) is 4.76. The number of carboxylic acids is 1. The summed E-state index contributed by atoms with van der Waals surface area (Å²) in [5.74, 6) is -0.241. The minimum Gasteiger partial charge on any atom is -0.490 e. The van der Waals surface area contributed by atoms with Crippen molar-refractivity contribution in [2.45, 2.75) is 26.9 Å². The quantitative estimate of drug-likeness (QED) is 0.320. The maximum Gasteiger partial charge on any atom is 0.335 e. The van der Waals surface area contributed by atoms with E-state index >= 15 is 0 Å². The van der Waals surface area contributed by atoms with Crippen LogP contribution in [-0.4, -0.2) is 40.3 Å². The summed E-state index contributed by atoms with van der Waals surface area (Å²) in [6, 6.07) is 10.2. The second-order valence-corrected chi connectivity index (χ2v) is 9.05. The first kappa shape index (κ1) is 24.1. The van der Waals surface area contributed by atoms with E-state index < -0.39 is 5.97 Å². The highest BCUT2D eigenvalue weighted by Gasteiger charge is 2.34.